The Balaban J connectivity index is 1.75. The third-order valence-electron chi connectivity index (χ3n) is 3.61. The van der Waals surface area contributed by atoms with E-state index in [0.29, 0.717) is 0 Å². The molecule has 1 atom stereocenters. The Kier molecular flexibility index (Phi) is 6.18. The molecular weight excluding hydrogens is 388 g/mol. The number of nitrogens with one attached hydrogen (secondary N) is 1. The molecule has 0 bridgehead atoms. The molecule has 2 aromatic carbocycles. The van der Waals surface area contributed by atoms with Gasteiger partial charge in [0.1, 0.15) is 6.04 Å². The van der Waals surface area contributed by atoms with Crippen LogP contribution in [-0.4, -0.2) is 33.8 Å². The van der Waals surface area contributed by atoms with Crippen LogP contribution in [0.4, 0.5) is 0 Å². The molecule has 0 saturated carbocycles. The molecule has 3 rings (SSSR count). The van der Waals surface area contributed by atoms with Crippen LogP contribution < -0.4 is 5.32 Å². The zero-order chi connectivity index (χ0) is 18.5. The number of thiol groups is 1. The second-order valence-electron chi connectivity index (χ2n) is 5.47. The summed E-state index contributed by atoms with van der Waals surface area (Å²) in [6.45, 7) is 0. The maximum Gasteiger partial charge on any atom is 0.327 e. The second kappa shape index (κ2) is 8.57. The molecule has 134 valence electrons. The Labute approximate surface area is 164 Å². The maximum absolute atomic E-state index is 12.2. The molecule has 0 fully saturated rings. The Morgan fingerprint density at radius 2 is 1.92 bits per heavy atom. The van der Waals surface area contributed by atoms with E-state index < -0.39 is 12.0 Å². The summed E-state index contributed by atoms with van der Waals surface area (Å²) in [4.78, 5) is 28.8. The number of benzene rings is 2. The number of fused-ring (bicyclic) bond motifs is 1. The number of rotatable bonds is 7. The molecule has 0 spiro atoms. The molecule has 2 N–H and O–H groups in total. The molecule has 26 heavy (non-hydrogen) atoms. The van der Waals surface area contributed by atoms with Gasteiger partial charge >= 0.3 is 5.97 Å². The van der Waals surface area contributed by atoms with Crippen LogP contribution >= 0.6 is 35.7 Å². The van der Waals surface area contributed by atoms with Gasteiger partial charge in [-0.2, -0.15) is 12.6 Å². The van der Waals surface area contributed by atoms with Crippen LogP contribution in [-0.2, 0) is 16.0 Å². The summed E-state index contributed by atoms with van der Waals surface area (Å²) in [6.07, 6.45) is 0.103. The van der Waals surface area contributed by atoms with E-state index in [9.17, 15) is 9.59 Å². The fourth-order valence-corrected chi connectivity index (χ4v) is 4.74. The summed E-state index contributed by atoms with van der Waals surface area (Å²) < 4.78 is 2.01. The van der Waals surface area contributed by atoms with Crippen molar-refractivity contribution in [2.24, 2.45) is 0 Å². The molecule has 1 aromatic heterocycles. The normalized spacial score (nSPS) is 12.0. The topological polar surface area (TPSA) is 79.3 Å². The van der Waals surface area contributed by atoms with E-state index in [2.05, 4.69) is 22.9 Å². The lowest BCUT2D eigenvalue weighted by molar-refractivity contribution is -0.141. The lowest BCUT2D eigenvalue weighted by Crippen LogP contribution is -2.42. The first-order chi connectivity index (χ1) is 12.6. The van der Waals surface area contributed by atoms with Crippen molar-refractivity contribution in [1.29, 1.82) is 0 Å². The summed E-state index contributed by atoms with van der Waals surface area (Å²) in [5.41, 5.74) is 1.78. The first-order valence-electron chi connectivity index (χ1n) is 7.81. The highest BCUT2D eigenvalue weighted by Crippen LogP contribution is 2.35. The fraction of sp³-hybridized carbons (Fsp3) is 0.167. The van der Waals surface area contributed by atoms with Gasteiger partial charge < -0.3 is 10.4 Å². The lowest BCUT2D eigenvalue weighted by Gasteiger charge is -2.13. The first-order valence-corrected chi connectivity index (χ1v) is 10.1. The van der Waals surface area contributed by atoms with Gasteiger partial charge in [0.2, 0.25) is 5.91 Å². The maximum atomic E-state index is 12.2. The monoisotopic (exact) mass is 404 g/mol. The van der Waals surface area contributed by atoms with Crippen LogP contribution in [0.15, 0.2) is 57.8 Å². The largest absolute Gasteiger partial charge is 0.480 e. The highest BCUT2D eigenvalue weighted by atomic mass is 32.2. The van der Waals surface area contributed by atoms with Gasteiger partial charge in [0.05, 0.1) is 16.6 Å². The molecule has 0 aliphatic heterocycles. The number of para-hydroxylation sites is 1. The minimum absolute atomic E-state index is 0.0448. The SMILES string of the molecule is O=C(Cc1ccccc1Sc1nc2ccccc2s1)N[C@@H](CS)C(=O)O. The number of carbonyl (C=O) groups is 2. The molecule has 8 heteroatoms. The Morgan fingerprint density at radius 3 is 2.65 bits per heavy atom. The van der Waals surface area contributed by atoms with Gasteiger partial charge in [-0.1, -0.05) is 42.1 Å². The van der Waals surface area contributed by atoms with Gasteiger partial charge in [-0.25, -0.2) is 9.78 Å². The van der Waals surface area contributed by atoms with Gasteiger partial charge in [0.25, 0.3) is 0 Å². The molecule has 0 aliphatic carbocycles. The van der Waals surface area contributed by atoms with Crippen molar-refractivity contribution < 1.29 is 14.7 Å². The average molecular weight is 405 g/mol. The van der Waals surface area contributed by atoms with E-state index in [0.717, 1.165) is 25.0 Å². The minimum atomic E-state index is -1.09. The van der Waals surface area contributed by atoms with Crippen LogP contribution in [0.5, 0.6) is 0 Å². The number of aliphatic carboxylic acids is 1. The highest BCUT2D eigenvalue weighted by molar-refractivity contribution is 8.01. The van der Waals surface area contributed by atoms with Gasteiger partial charge in [-0.05, 0) is 23.8 Å². The van der Waals surface area contributed by atoms with Crippen molar-refractivity contribution in [3.8, 4) is 0 Å². The third-order valence-corrected chi connectivity index (χ3v) is 6.19. The molecule has 0 saturated heterocycles. The minimum Gasteiger partial charge on any atom is -0.480 e. The lowest BCUT2D eigenvalue weighted by atomic mass is 10.1. The number of carbonyl (C=O) groups excluding carboxylic acids is 1. The van der Waals surface area contributed by atoms with E-state index in [1.807, 2.05) is 48.5 Å². The summed E-state index contributed by atoms with van der Waals surface area (Å²) in [7, 11) is 0. The quantitative estimate of drug-likeness (QED) is 0.526. The predicted molar refractivity (Wildman–Crippen MR) is 107 cm³/mol. The molecule has 5 nitrogen and oxygen atoms in total. The van der Waals surface area contributed by atoms with Gasteiger partial charge in [-0.15, -0.1) is 11.3 Å². The molecule has 0 radical (unpaired) electrons. The Bertz CT molecular complexity index is 909. The van der Waals surface area contributed by atoms with E-state index in [-0.39, 0.29) is 18.1 Å². The van der Waals surface area contributed by atoms with E-state index in [4.69, 9.17) is 5.11 Å². The van der Waals surface area contributed by atoms with E-state index in [1.54, 1.807) is 11.3 Å². The standard InChI is InChI=1S/C18H16N2O3S3/c21-16(19-13(10-24)17(22)23)9-11-5-1-3-7-14(11)25-18-20-12-6-2-4-8-15(12)26-18/h1-8,13,24H,9-10H2,(H,19,21)(H,22,23)/t13-/m0/s1. The zero-order valence-corrected chi connectivity index (χ0v) is 16.1. The summed E-state index contributed by atoms with van der Waals surface area (Å²) in [5.74, 6) is -1.39. The van der Waals surface area contributed by atoms with Crippen molar-refractivity contribution in [2.45, 2.75) is 21.7 Å². The fourth-order valence-electron chi connectivity index (χ4n) is 2.34. The molecule has 3 aromatic rings. The summed E-state index contributed by atoms with van der Waals surface area (Å²) >= 11 is 7.07. The van der Waals surface area contributed by atoms with Gasteiger partial charge in [-0.3, -0.25) is 4.79 Å². The van der Waals surface area contributed by atoms with Crippen LogP contribution in [0.25, 0.3) is 10.2 Å². The van der Waals surface area contributed by atoms with Crippen molar-refractivity contribution in [3.05, 3.63) is 54.1 Å². The second-order valence-corrected chi connectivity index (χ2v) is 8.16. The first kappa shape index (κ1) is 18.8. The third kappa shape index (κ3) is 4.57. The molecule has 0 aliphatic rings. The number of aromatic nitrogens is 1. The zero-order valence-electron chi connectivity index (χ0n) is 13.6. The molecule has 1 heterocycles. The van der Waals surface area contributed by atoms with Crippen LogP contribution in [0, 0.1) is 0 Å². The van der Waals surface area contributed by atoms with Gasteiger partial charge in [0.15, 0.2) is 4.34 Å². The smallest absolute Gasteiger partial charge is 0.327 e. The number of amides is 1. The molecule has 1 amide bonds. The van der Waals surface area contributed by atoms with Crippen molar-refractivity contribution >= 4 is 57.8 Å². The molecular formula is C18H16N2O3S3. The number of thiazole rings is 1. The average Bonchev–Trinajstić information content (AvgIpc) is 3.03. The van der Waals surface area contributed by atoms with Crippen molar-refractivity contribution in [3.63, 3.8) is 0 Å². The number of carboxylic acids is 1. The van der Waals surface area contributed by atoms with E-state index in [1.165, 1.54) is 11.8 Å². The number of carboxylic acid groups (broad SMARTS) is 1. The van der Waals surface area contributed by atoms with Crippen LogP contribution in [0.3, 0.4) is 0 Å². The number of hydrogen-bond donors (Lipinski definition) is 3. The van der Waals surface area contributed by atoms with E-state index >= 15 is 0 Å². The number of nitrogens with zero attached hydrogens (tertiary/aromatic N) is 1. The van der Waals surface area contributed by atoms with Crippen LogP contribution in [0.2, 0.25) is 0 Å². The summed E-state index contributed by atoms with van der Waals surface area (Å²) in [5, 5.41) is 11.5. The Morgan fingerprint density at radius 1 is 1.19 bits per heavy atom. The summed E-state index contributed by atoms with van der Waals surface area (Å²) in [6, 6.07) is 14.5. The molecule has 0 unspecified atom stereocenters. The Hall–Kier alpha value is -2.03. The predicted octanol–water partition coefficient (Wildman–Crippen LogP) is 3.49. The number of hydrogen-bond acceptors (Lipinski definition) is 6. The van der Waals surface area contributed by atoms with Crippen molar-refractivity contribution in [2.75, 3.05) is 5.75 Å². The highest BCUT2D eigenvalue weighted by Gasteiger charge is 2.19. The van der Waals surface area contributed by atoms with Gasteiger partial charge in [0, 0.05) is 10.6 Å². The van der Waals surface area contributed by atoms with Crippen molar-refractivity contribution in [1.82, 2.24) is 10.3 Å². The van der Waals surface area contributed by atoms with Crippen LogP contribution in [0.1, 0.15) is 5.56 Å².